The van der Waals surface area contributed by atoms with Crippen LogP contribution >= 0.6 is 0 Å². The summed E-state index contributed by atoms with van der Waals surface area (Å²) in [5.41, 5.74) is 1.28. The number of hydrogen-bond donors (Lipinski definition) is 1. The van der Waals surface area contributed by atoms with Gasteiger partial charge < -0.3 is 14.7 Å². The van der Waals surface area contributed by atoms with Gasteiger partial charge in [0, 0.05) is 42.1 Å². The zero-order valence-corrected chi connectivity index (χ0v) is 17.8. The van der Waals surface area contributed by atoms with Crippen molar-refractivity contribution in [1.82, 2.24) is 15.0 Å². The van der Waals surface area contributed by atoms with E-state index in [4.69, 9.17) is 4.52 Å². The molecule has 0 unspecified atom stereocenters. The van der Waals surface area contributed by atoms with Gasteiger partial charge >= 0.3 is 0 Å². The van der Waals surface area contributed by atoms with Crippen molar-refractivity contribution in [3.05, 3.63) is 65.6 Å². The fraction of sp³-hybridized carbons (Fsp3) is 0.333. The Bertz CT molecular complexity index is 1180. The maximum absolute atomic E-state index is 13.8. The first-order chi connectivity index (χ1) is 16.0. The van der Waals surface area contributed by atoms with E-state index in [2.05, 4.69) is 15.5 Å². The second kappa shape index (κ2) is 8.73. The van der Waals surface area contributed by atoms with Gasteiger partial charge in [-0.3, -0.25) is 9.59 Å². The molecule has 1 aliphatic carbocycles. The highest BCUT2D eigenvalue weighted by atomic mass is 19.1. The van der Waals surface area contributed by atoms with E-state index in [0.717, 1.165) is 30.5 Å². The van der Waals surface area contributed by atoms with Crippen LogP contribution in [-0.4, -0.2) is 39.9 Å². The highest BCUT2D eigenvalue weighted by Crippen LogP contribution is 2.39. The minimum absolute atomic E-state index is 0.0501. The SMILES string of the molecule is O=C(Nc1ccc(F)cc1F)C1CCN(C(=O)c2ccc(-c3noc(C4CC4)n3)cc2)CC1. The van der Waals surface area contributed by atoms with Crippen molar-refractivity contribution in [1.29, 1.82) is 0 Å². The van der Waals surface area contributed by atoms with Crippen molar-refractivity contribution in [3.63, 3.8) is 0 Å². The Hall–Kier alpha value is -3.62. The van der Waals surface area contributed by atoms with E-state index >= 15 is 0 Å². The first kappa shape index (κ1) is 21.2. The summed E-state index contributed by atoms with van der Waals surface area (Å²) in [4.78, 5) is 31.5. The minimum atomic E-state index is -0.816. The molecule has 5 rings (SSSR count). The molecule has 2 aromatic carbocycles. The van der Waals surface area contributed by atoms with Crippen molar-refractivity contribution < 1.29 is 22.9 Å². The summed E-state index contributed by atoms with van der Waals surface area (Å²) in [7, 11) is 0. The summed E-state index contributed by atoms with van der Waals surface area (Å²) in [6.07, 6.45) is 3.09. The van der Waals surface area contributed by atoms with Crippen LogP contribution in [0.15, 0.2) is 47.0 Å². The Morgan fingerprint density at radius 3 is 2.39 bits per heavy atom. The van der Waals surface area contributed by atoms with Gasteiger partial charge in [-0.1, -0.05) is 17.3 Å². The van der Waals surface area contributed by atoms with Gasteiger partial charge in [-0.25, -0.2) is 8.78 Å². The fourth-order valence-corrected chi connectivity index (χ4v) is 3.96. The Morgan fingerprint density at radius 2 is 1.73 bits per heavy atom. The molecule has 0 bridgehead atoms. The molecule has 9 heteroatoms. The molecule has 0 radical (unpaired) electrons. The molecule has 1 aliphatic heterocycles. The third kappa shape index (κ3) is 4.62. The molecule has 2 aliphatic rings. The summed E-state index contributed by atoms with van der Waals surface area (Å²) < 4.78 is 32.1. The molecule has 2 heterocycles. The van der Waals surface area contributed by atoms with Crippen LogP contribution in [0.1, 0.15) is 47.8 Å². The number of nitrogens with one attached hydrogen (secondary N) is 1. The summed E-state index contributed by atoms with van der Waals surface area (Å²) in [6, 6.07) is 10.1. The molecule has 1 N–H and O–H groups in total. The summed E-state index contributed by atoms with van der Waals surface area (Å²) in [6.45, 7) is 0.834. The molecule has 2 fully saturated rings. The number of carbonyl (C=O) groups excluding carboxylic acids is 2. The molecule has 1 saturated heterocycles. The van der Waals surface area contributed by atoms with E-state index in [9.17, 15) is 18.4 Å². The standard InChI is InChI=1S/C24H22F2N4O3/c25-18-7-8-20(19(26)13-18)27-22(31)15-9-11-30(12-10-15)24(32)17-5-1-14(2-6-17)21-28-23(33-29-21)16-3-4-16/h1-2,5-8,13,15-16H,3-4,9-12H2,(H,27,31). The van der Waals surface area contributed by atoms with Gasteiger partial charge in [0.25, 0.3) is 5.91 Å². The van der Waals surface area contributed by atoms with Crippen molar-refractivity contribution in [2.45, 2.75) is 31.6 Å². The lowest BCUT2D eigenvalue weighted by Crippen LogP contribution is -2.41. The summed E-state index contributed by atoms with van der Waals surface area (Å²) >= 11 is 0. The second-order valence-electron chi connectivity index (χ2n) is 8.49. The Balaban J connectivity index is 1.16. The lowest BCUT2D eigenvalue weighted by Gasteiger charge is -2.31. The molecule has 2 amide bonds. The van der Waals surface area contributed by atoms with Crippen LogP contribution in [-0.2, 0) is 4.79 Å². The Labute approximate surface area is 188 Å². The van der Waals surface area contributed by atoms with Crippen LogP contribution in [0, 0.1) is 17.6 Å². The number of nitrogens with zero attached hydrogens (tertiary/aromatic N) is 3. The number of aromatic nitrogens is 2. The lowest BCUT2D eigenvalue weighted by molar-refractivity contribution is -0.121. The quantitative estimate of drug-likeness (QED) is 0.621. The molecule has 3 aromatic rings. The number of carbonyl (C=O) groups is 2. The van der Waals surface area contributed by atoms with E-state index in [1.165, 1.54) is 6.07 Å². The van der Waals surface area contributed by atoms with Gasteiger partial charge in [0.1, 0.15) is 11.6 Å². The highest BCUT2D eigenvalue weighted by Gasteiger charge is 2.30. The number of piperidine rings is 1. The number of benzene rings is 2. The number of amides is 2. The zero-order valence-electron chi connectivity index (χ0n) is 17.8. The van der Waals surface area contributed by atoms with Crippen LogP contribution in [0.5, 0.6) is 0 Å². The van der Waals surface area contributed by atoms with Gasteiger partial charge in [0.15, 0.2) is 0 Å². The molecule has 170 valence electrons. The van der Waals surface area contributed by atoms with Crippen LogP contribution in [0.3, 0.4) is 0 Å². The average Bonchev–Trinajstić information content (AvgIpc) is 3.57. The number of likely N-dealkylation sites (tertiary alicyclic amines) is 1. The summed E-state index contributed by atoms with van der Waals surface area (Å²) in [5, 5.41) is 6.53. The molecule has 0 spiro atoms. The molecule has 33 heavy (non-hydrogen) atoms. The van der Waals surface area contributed by atoms with E-state index in [1.54, 1.807) is 29.2 Å². The van der Waals surface area contributed by atoms with Crippen molar-refractivity contribution in [3.8, 4) is 11.4 Å². The van der Waals surface area contributed by atoms with Crippen LogP contribution < -0.4 is 5.32 Å². The average molecular weight is 452 g/mol. The van der Waals surface area contributed by atoms with Crippen LogP contribution in [0.2, 0.25) is 0 Å². The van der Waals surface area contributed by atoms with E-state index in [1.807, 2.05) is 0 Å². The maximum atomic E-state index is 13.8. The van der Waals surface area contributed by atoms with Gasteiger partial charge in [0.05, 0.1) is 5.69 Å². The first-order valence-corrected chi connectivity index (χ1v) is 11.0. The zero-order chi connectivity index (χ0) is 22.9. The van der Waals surface area contributed by atoms with E-state index < -0.39 is 11.6 Å². The highest BCUT2D eigenvalue weighted by molar-refractivity contribution is 5.95. The maximum Gasteiger partial charge on any atom is 0.253 e. The molecule has 7 nitrogen and oxygen atoms in total. The van der Waals surface area contributed by atoms with Gasteiger partial charge in [-0.15, -0.1) is 0 Å². The van der Waals surface area contributed by atoms with Gasteiger partial charge in [0.2, 0.25) is 17.6 Å². The van der Waals surface area contributed by atoms with Crippen molar-refractivity contribution >= 4 is 17.5 Å². The molecular formula is C24H22F2N4O3. The molecular weight excluding hydrogens is 430 g/mol. The normalized spacial score (nSPS) is 16.6. The monoisotopic (exact) mass is 452 g/mol. The topological polar surface area (TPSA) is 88.3 Å². The van der Waals surface area contributed by atoms with E-state index in [-0.39, 0.29) is 23.4 Å². The summed E-state index contributed by atoms with van der Waals surface area (Å²) in [5.74, 6) is -0.750. The third-order valence-electron chi connectivity index (χ3n) is 6.10. The number of halogens is 2. The van der Waals surface area contributed by atoms with Gasteiger partial charge in [-0.05, 0) is 49.9 Å². The van der Waals surface area contributed by atoms with Crippen molar-refractivity contribution in [2.24, 2.45) is 5.92 Å². The number of hydrogen-bond acceptors (Lipinski definition) is 5. The predicted octanol–water partition coefficient (Wildman–Crippen LogP) is 4.38. The number of anilines is 1. The molecule has 1 saturated carbocycles. The van der Waals surface area contributed by atoms with Crippen LogP contribution in [0.25, 0.3) is 11.4 Å². The molecule has 0 atom stereocenters. The fourth-order valence-electron chi connectivity index (χ4n) is 3.96. The smallest absolute Gasteiger partial charge is 0.253 e. The minimum Gasteiger partial charge on any atom is -0.339 e. The van der Waals surface area contributed by atoms with Crippen molar-refractivity contribution in [2.75, 3.05) is 18.4 Å². The lowest BCUT2D eigenvalue weighted by atomic mass is 9.95. The number of rotatable bonds is 5. The Kier molecular flexibility index (Phi) is 5.62. The molecule has 1 aromatic heterocycles. The third-order valence-corrected chi connectivity index (χ3v) is 6.10. The second-order valence-corrected chi connectivity index (χ2v) is 8.49. The van der Waals surface area contributed by atoms with Crippen LogP contribution in [0.4, 0.5) is 14.5 Å². The van der Waals surface area contributed by atoms with Gasteiger partial charge in [-0.2, -0.15) is 4.98 Å². The largest absolute Gasteiger partial charge is 0.339 e. The predicted molar refractivity (Wildman–Crippen MR) is 115 cm³/mol. The Morgan fingerprint density at radius 1 is 1.00 bits per heavy atom. The first-order valence-electron chi connectivity index (χ1n) is 11.0. The van der Waals surface area contributed by atoms with E-state index in [0.29, 0.717) is 49.1 Å².